The zero-order chi connectivity index (χ0) is 13.0. The van der Waals surface area contributed by atoms with E-state index in [1.54, 1.807) is 6.20 Å². The molecular weight excluding hydrogens is 228 g/mol. The zero-order valence-electron chi connectivity index (χ0n) is 10.6. The standard InChI is InChI=1S/C14H18N2O2/c1-2-18-14(17)11-7-5-10(6-8-11)13-12(15)4-3-9-16-13/h3-5,9,11H,2,6-8,15H2,1H3/t11-/m0/s1. The maximum absolute atomic E-state index is 11.6. The van der Waals surface area contributed by atoms with Crippen LogP contribution in [0.15, 0.2) is 24.4 Å². The van der Waals surface area contributed by atoms with Crippen LogP contribution in [-0.2, 0) is 9.53 Å². The summed E-state index contributed by atoms with van der Waals surface area (Å²) in [7, 11) is 0. The van der Waals surface area contributed by atoms with Crippen LogP contribution in [0.3, 0.4) is 0 Å². The van der Waals surface area contributed by atoms with Gasteiger partial charge in [-0.3, -0.25) is 9.78 Å². The van der Waals surface area contributed by atoms with Crippen LogP contribution in [0.5, 0.6) is 0 Å². The van der Waals surface area contributed by atoms with Crippen LogP contribution in [-0.4, -0.2) is 17.6 Å². The molecule has 0 saturated carbocycles. The largest absolute Gasteiger partial charge is 0.466 e. The van der Waals surface area contributed by atoms with Crippen LogP contribution in [0.1, 0.15) is 31.9 Å². The monoisotopic (exact) mass is 246 g/mol. The lowest BCUT2D eigenvalue weighted by Crippen LogP contribution is -2.19. The van der Waals surface area contributed by atoms with Gasteiger partial charge in [0.1, 0.15) is 0 Å². The maximum Gasteiger partial charge on any atom is 0.309 e. The minimum Gasteiger partial charge on any atom is -0.466 e. The van der Waals surface area contributed by atoms with E-state index in [0.717, 1.165) is 24.1 Å². The normalized spacial score (nSPS) is 19.2. The van der Waals surface area contributed by atoms with Crippen molar-refractivity contribution in [2.75, 3.05) is 12.3 Å². The first-order chi connectivity index (χ1) is 8.72. The molecule has 4 heteroatoms. The SMILES string of the molecule is CCOC(=O)[C@H]1CC=C(c2ncccc2N)CC1. The number of rotatable bonds is 3. The third-order valence-electron chi connectivity index (χ3n) is 3.17. The second-order valence-electron chi connectivity index (χ2n) is 4.39. The molecule has 1 aliphatic rings. The predicted molar refractivity (Wildman–Crippen MR) is 70.6 cm³/mol. The highest BCUT2D eigenvalue weighted by molar-refractivity contribution is 5.77. The summed E-state index contributed by atoms with van der Waals surface area (Å²) in [5.74, 6) is -0.111. The van der Waals surface area contributed by atoms with E-state index >= 15 is 0 Å². The minimum absolute atomic E-state index is 0.0152. The molecule has 1 atom stereocenters. The van der Waals surface area contributed by atoms with Crippen molar-refractivity contribution in [2.24, 2.45) is 5.92 Å². The smallest absolute Gasteiger partial charge is 0.309 e. The average molecular weight is 246 g/mol. The number of nitrogens with zero attached hydrogens (tertiary/aromatic N) is 1. The molecule has 2 N–H and O–H groups in total. The van der Waals surface area contributed by atoms with Gasteiger partial charge < -0.3 is 10.5 Å². The van der Waals surface area contributed by atoms with E-state index in [1.165, 1.54) is 0 Å². The first kappa shape index (κ1) is 12.6. The number of hydrogen-bond donors (Lipinski definition) is 1. The number of aromatic nitrogens is 1. The molecule has 18 heavy (non-hydrogen) atoms. The van der Waals surface area contributed by atoms with E-state index in [-0.39, 0.29) is 11.9 Å². The molecule has 0 amide bonds. The molecule has 1 aliphatic carbocycles. The van der Waals surface area contributed by atoms with Crippen molar-refractivity contribution in [1.29, 1.82) is 0 Å². The summed E-state index contributed by atoms with van der Waals surface area (Å²) in [6, 6.07) is 3.67. The summed E-state index contributed by atoms with van der Waals surface area (Å²) < 4.78 is 5.04. The Morgan fingerprint density at radius 2 is 2.44 bits per heavy atom. The zero-order valence-corrected chi connectivity index (χ0v) is 10.6. The third kappa shape index (κ3) is 2.70. The summed E-state index contributed by atoms with van der Waals surface area (Å²) in [6.45, 7) is 2.27. The van der Waals surface area contributed by atoms with Gasteiger partial charge in [-0.2, -0.15) is 0 Å². The van der Waals surface area contributed by atoms with Crippen molar-refractivity contribution >= 4 is 17.2 Å². The van der Waals surface area contributed by atoms with Gasteiger partial charge in [-0.15, -0.1) is 0 Å². The topological polar surface area (TPSA) is 65.2 Å². The maximum atomic E-state index is 11.6. The number of nitrogen functional groups attached to an aromatic ring is 1. The third-order valence-corrected chi connectivity index (χ3v) is 3.17. The van der Waals surface area contributed by atoms with Gasteiger partial charge in [0, 0.05) is 6.20 Å². The molecule has 0 fully saturated rings. The molecule has 0 spiro atoms. The van der Waals surface area contributed by atoms with Crippen molar-refractivity contribution < 1.29 is 9.53 Å². The highest BCUT2D eigenvalue weighted by atomic mass is 16.5. The molecule has 96 valence electrons. The summed E-state index contributed by atoms with van der Waals surface area (Å²) in [4.78, 5) is 15.9. The minimum atomic E-state index is -0.0956. The van der Waals surface area contributed by atoms with Gasteiger partial charge in [-0.25, -0.2) is 0 Å². The molecule has 0 unspecified atom stereocenters. The van der Waals surface area contributed by atoms with Gasteiger partial charge in [-0.05, 0) is 43.9 Å². The Balaban J connectivity index is 2.07. The Morgan fingerprint density at radius 1 is 1.61 bits per heavy atom. The summed E-state index contributed by atoms with van der Waals surface area (Å²) in [6.07, 6.45) is 6.14. The summed E-state index contributed by atoms with van der Waals surface area (Å²) in [5.41, 5.74) is 8.57. The van der Waals surface area contributed by atoms with Crippen LogP contribution in [0.2, 0.25) is 0 Å². The molecule has 0 bridgehead atoms. The Labute approximate surface area is 107 Å². The molecular formula is C14H18N2O2. The highest BCUT2D eigenvalue weighted by Crippen LogP contribution is 2.31. The van der Waals surface area contributed by atoms with Gasteiger partial charge in [0.15, 0.2) is 0 Å². The van der Waals surface area contributed by atoms with Crippen molar-refractivity contribution in [2.45, 2.75) is 26.2 Å². The fourth-order valence-corrected chi connectivity index (χ4v) is 2.21. The van der Waals surface area contributed by atoms with Crippen molar-refractivity contribution in [3.63, 3.8) is 0 Å². The Kier molecular flexibility index (Phi) is 3.97. The van der Waals surface area contributed by atoms with E-state index in [9.17, 15) is 4.79 Å². The molecule has 0 radical (unpaired) electrons. The fourth-order valence-electron chi connectivity index (χ4n) is 2.21. The van der Waals surface area contributed by atoms with Crippen molar-refractivity contribution in [1.82, 2.24) is 4.98 Å². The average Bonchev–Trinajstić information content (AvgIpc) is 2.40. The summed E-state index contributed by atoms with van der Waals surface area (Å²) >= 11 is 0. The molecule has 0 aromatic carbocycles. The number of pyridine rings is 1. The lowest BCUT2D eigenvalue weighted by Gasteiger charge is -2.20. The number of anilines is 1. The summed E-state index contributed by atoms with van der Waals surface area (Å²) in [5, 5.41) is 0. The lowest BCUT2D eigenvalue weighted by atomic mass is 9.88. The lowest BCUT2D eigenvalue weighted by molar-refractivity contribution is -0.148. The number of ether oxygens (including phenoxy) is 1. The number of esters is 1. The fraction of sp³-hybridized carbons (Fsp3) is 0.429. The van der Waals surface area contributed by atoms with Crippen LogP contribution < -0.4 is 5.73 Å². The predicted octanol–water partition coefficient (Wildman–Crippen LogP) is 2.41. The first-order valence-corrected chi connectivity index (χ1v) is 6.29. The molecule has 4 nitrogen and oxygen atoms in total. The van der Waals surface area contributed by atoms with Gasteiger partial charge in [0.25, 0.3) is 0 Å². The molecule has 0 saturated heterocycles. The number of carbonyl (C=O) groups is 1. The highest BCUT2D eigenvalue weighted by Gasteiger charge is 2.23. The van der Waals surface area contributed by atoms with Gasteiger partial charge in [0.2, 0.25) is 0 Å². The van der Waals surface area contributed by atoms with Crippen LogP contribution in [0, 0.1) is 5.92 Å². The Hall–Kier alpha value is -1.84. The van der Waals surface area contributed by atoms with Crippen LogP contribution >= 0.6 is 0 Å². The number of hydrogen-bond acceptors (Lipinski definition) is 4. The number of carbonyl (C=O) groups excluding carboxylic acids is 1. The van der Waals surface area contributed by atoms with E-state index in [2.05, 4.69) is 11.1 Å². The van der Waals surface area contributed by atoms with Gasteiger partial charge >= 0.3 is 5.97 Å². The van der Waals surface area contributed by atoms with Crippen molar-refractivity contribution in [3.05, 3.63) is 30.1 Å². The molecule has 0 aliphatic heterocycles. The second-order valence-corrected chi connectivity index (χ2v) is 4.39. The quantitative estimate of drug-likeness (QED) is 0.832. The molecule has 1 aromatic heterocycles. The molecule has 1 aromatic rings. The van der Waals surface area contributed by atoms with E-state index in [1.807, 2.05) is 19.1 Å². The molecule has 1 heterocycles. The van der Waals surface area contributed by atoms with Crippen molar-refractivity contribution in [3.8, 4) is 0 Å². The first-order valence-electron chi connectivity index (χ1n) is 6.29. The Morgan fingerprint density at radius 3 is 3.06 bits per heavy atom. The van der Waals surface area contributed by atoms with Gasteiger partial charge in [0.05, 0.1) is 23.9 Å². The number of nitrogens with two attached hydrogens (primary N) is 1. The van der Waals surface area contributed by atoms with Gasteiger partial charge in [-0.1, -0.05) is 6.08 Å². The second kappa shape index (κ2) is 5.67. The molecule has 2 rings (SSSR count). The van der Waals surface area contributed by atoms with Crippen LogP contribution in [0.25, 0.3) is 5.57 Å². The van der Waals surface area contributed by atoms with E-state index < -0.39 is 0 Å². The Bertz CT molecular complexity index is 469. The van der Waals surface area contributed by atoms with Crippen LogP contribution in [0.4, 0.5) is 5.69 Å². The van der Waals surface area contributed by atoms with E-state index in [0.29, 0.717) is 18.7 Å². The van der Waals surface area contributed by atoms with E-state index in [4.69, 9.17) is 10.5 Å². The number of allylic oxidation sites excluding steroid dienone is 2.